The van der Waals surface area contributed by atoms with Crippen LogP contribution in [0.1, 0.15) is 50.5 Å². The average Bonchev–Trinajstić information content (AvgIpc) is 3.36. The van der Waals surface area contributed by atoms with Gasteiger partial charge in [-0.05, 0) is 60.4 Å². The van der Waals surface area contributed by atoms with Crippen LogP contribution in [0.4, 0.5) is 0 Å². The maximum absolute atomic E-state index is 13.9. The number of carbonyl (C=O) groups excluding carboxylic acids is 1. The van der Waals surface area contributed by atoms with Gasteiger partial charge < -0.3 is 9.47 Å². The summed E-state index contributed by atoms with van der Waals surface area (Å²) in [6.45, 7) is 7.78. The summed E-state index contributed by atoms with van der Waals surface area (Å²) in [6.07, 6.45) is 5.25. The van der Waals surface area contributed by atoms with Crippen LogP contribution >= 0.6 is 11.6 Å². The fourth-order valence-corrected chi connectivity index (χ4v) is 6.25. The summed E-state index contributed by atoms with van der Waals surface area (Å²) < 4.78 is 3.74. The van der Waals surface area contributed by atoms with Crippen molar-refractivity contribution in [3.8, 4) is 17.1 Å². The molecule has 1 aliphatic carbocycles. The monoisotopic (exact) mass is 436 g/mol. The zero-order valence-corrected chi connectivity index (χ0v) is 19.4. The molecule has 1 aromatic carbocycles. The zero-order chi connectivity index (χ0) is 22.0. The van der Waals surface area contributed by atoms with E-state index in [9.17, 15) is 4.79 Å². The molecule has 162 valence electrons. The van der Waals surface area contributed by atoms with E-state index in [0.717, 1.165) is 42.9 Å². The third-order valence-corrected chi connectivity index (χ3v) is 7.21. The zero-order valence-electron chi connectivity index (χ0n) is 18.6. The highest BCUT2D eigenvalue weighted by Crippen LogP contribution is 2.52. The average molecular weight is 437 g/mol. The van der Waals surface area contributed by atoms with E-state index in [2.05, 4.69) is 25.7 Å². The van der Waals surface area contributed by atoms with Crippen LogP contribution < -0.4 is 0 Å². The minimum Gasteiger partial charge on any atom is -0.349 e. The lowest BCUT2D eigenvalue weighted by Gasteiger charge is -2.39. The van der Waals surface area contributed by atoms with Crippen LogP contribution in [0.15, 0.2) is 48.7 Å². The number of aryl methyl sites for hydroxylation is 1. The van der Waals surface area contributed by atoms with Crippen molar-refractivity contribution in [1.29, 1.82) is 0 Å². The predicted molar refractivity (Wildman–Crippen MR) is 124 cm³/mol. The molecule has 0 radical (unpaired) electrons. The Kier molecular flexibility index (Phi) is 4.60. The number of aromatic nitrogens is 3. The van der Waals surface area contributed by atoms with E-state index in [0.29, 0.717) is 10.7 Å². The summed E-state index contributed by atoms with van der Waals surface area (Å²) in [5.74, 6) is 0.0410. The van der Waals surface area contributed by atoms with Crippen molar-refractivity contribution in [2.24, 2.45) is 17.9 Å². The number of rotatable bonds is 3. The molecule has 2 atom stereocenters. The summed E-state index contributed by atoms with van der Waals surface area (Å²) in [4.78, 5) is 16.0. The molecule has 0 spiro atoms. The van der Waals surface area contributed by atoms with Crippen molar-refractivity contribution in [3.05, 3.63) is 59.4 Å². The number of likely N-dealkylation sites (tertiary alicyclic amines) is 1. The molecule has 2 bridgehead atoms. The molecule has 0 N–H and O–H groups in total. The van der Waals surface area contributed by atoms with Gasteiger partial charge in [-0.3, -0.25) is 4.79 Å². The lowest BCUT2D eigenvalue weighted by molar-refractivity contribution is 0.0699. The number of nitrogens with zero attached hydrogens (tertiary/aromatic N) is 4. The Labute approximate surface area is 188 Å². The van der Waals surface area contributed by atoms with Gasteiger partial charge in [0.15, 0.2) is 0 Å². The van der Waals surface area contributed by atoms with Crippen LogP contribution in [-0.2, 0) is 7.05 Å². The van der Waals surface area contributed by atoms with Crippen LogP contribution in [0.5, 0.6) is 0 Å². The molecule has 5 rings (SSSR count). The molecule has 1 saturated heterocycles. The number of benzene rings is 1. The summed E-state index contributed by atoms with van der Waals surface area (Å²) in [6, 6.07) is 13.7. The molecular formula is C25H29ClN4O. The van der Waals surface area contributed by atoms with Gasteiger partial charge in [-0.25, -0.2) is 4.68 Å². The standard InChI is InChI=1S/C25H29ClN4O/c1-24(2)13-17-14-25(3,15-24)16-29(17)23(31)22-12-19(21-10-7-11-28(21)4)27-30(22)20-9-6-5-8-18(20)26/h5-12,17H,13-16H2,1-4H3. The third-order valence-electron chi connectivity index (χ3n) is 6.89. The first-order chi connectivity index (χ1) is 14.7. The maximum atomic E-state index is 13.9. The second-order valence-corrected chi connectivity index (χ2v) is 10.8. The molecule has 3 aromatic rings. The molecule has 2 fully saturated rings. The maximum Gasteiger partial charge on any atom is 0.272 e. The molecule has 5 nitrogen and oxygen atoms in total. The van der Waals surface area contributed by atoms with E-state index in [1.807, 2.05) is 60.3 Å². The second kappa shape index (κ2) is 6.99. The van der Waals surface area contributed by atoms with Crippen LogP contribution in [-0.4, -0.2) is 37.7 Å². The number of hydrogen-bond acceptors (Lipinski definition) is 2. The molecule has 6 heteroatoms. The van der Waals surface area contributed by atoms with E-state index in [1.54, 1.807) is 4.68 Å². The molecule has 1 aliphatic heterocycles. The fraction of sp³-hybridized carbons (Fsp3) is 0.440. The highest BCUT2D eigenvalue weighted by molar-refractivity contribution is 6.32. The number of carbonyl (C=O) groups is 1. The predicted octanol–water partition coefficient (Wildman–Crippen LogP) is 5.57. The quantitative estimate of drug-likeness (QED) is 0.538. The number of amides is 1. The third kappa shape index (κ3) is 3.49. The van der Waals surface area contributed by atoms with E-state index in [1.165, 1.54) is 0 Å². The van der Waals surface area contributed by atoms with E-state index in [-0.39, 0.29) is 22.8 Å². The smallest absolute Gasteiger partial charge is 0.272 e. The first kappa shape index (κ1) is 20.4. The van der Waals surface area contributed by atoms with Crippen molar-refractivity contribution in [3.63, 3.8) is 0 Å². The van der Waals surface area contributed by atoms with Crippen molar-refractivity contribution >= 4 is 17.5 Å². The van der Waals surface area contributed by atoms with Gasteiger partial charge in [0.25, 0.3) is 5.91 Å². The largest absolute Gasteiger partial charge is 0.349 e. The molecule has 1 saturated carbocycles. The summed E-state index contributed by atoms with van der Waals surface area (Å²) >= 11 is 6.52. The Bertz CT molecular complexity index is 1160. The first-order valence-corrected chi connectivity index (χ1v) is 11.3. The molecule has 1 amide bonds. The Morgan fingerprint density at radius 1 is 1.13 bits per heavy atom. The van der Waals surface area contributed by atoms with Crippen LogP contribution in [0.2, 0.25) is 5.02 Å². The van der Waals surface area contributed by atoms with Crippen LogP contribution in [0, 0.1) is 10.8 Å². The van der Waals surface area contributed by atoms with Gasteiger partial charge in [-0.1, -0.05) is 44.5 Å². The summed E-state index contributed by atoms with van der Waals surface area (Å²) in [5, 5.41) is 5.41. The van der Waals surface area contributed by atoms with Gasteiger partial charge in [0.05, 0.1) is 16.4 Å². The van der Waals surface area contributed by atoms with Gasteiger partial charge in [0.2, 0.25) is 0 Å². The van der Waals surface area contributed by atoms with Crippen molar-refractivity contribution < 1.29 is 4.79 Å². The molecule has 2 aliphatic rings. The van der Waals surface area contributed by atoms with Crippen molar-refractivity contribution in [2.75, 3.05) is 6.54 Å². The highest BCUT2D eigenvalue weighted by atomic mass is 35.5. The Morgan fingerprint density at radius 3 is 2.61 bits per heavy atom. The minimum atomic E-state index is 0.0410. The Hall–Kier alpha value is -2.53. The Balaban J connectivity index is 1.60. The van der Waals surface area contributed by atoms with Crippen LogP contribution in [0.3, 0.4) is 0 Å². The summed E-state index contributed by atoms with van der Waals surface area (Å²) in [7, 11) is 1.98. The minimum absolute atomic E-state index is 0.0410. The molecule has 2 unspecified atom stereocenters. The van der Waals surface area contributed by atoms with E-state index in [4.69, 9.17) is 16.7 Å². The topological polar surface area (TPSA) is 43.1 Å². The lowest BCUT2D eigenvalue weighted by Crippen LogP contribution is -2.38. The lowest BCUT2D eigenvalue weighted by atomic mass is 9.65. The van der Waals surface area contributed by atoms with E-state index < -0.39 is 0 Å². The van der Waals surface area contributed by atoms with Gasteiger partial charge in [0, 0.05) is 25.8 Å². The van der Waals surface area contributed by atoms with E-state index >= 15 is 0 Å². The molecular weight excluding hydrogens is 408 g/mol. The molecule has 3 heterocycles. The van der Waals surface area contributed by atoms with Gasteiger partial charge >= 0.3 is 0 Å². The van der Waals surface area contributed by atoms with Gasteiger partial charge in [-0.2, -0.15) is 5.10 Å². The molecule has 2 aromatic heterocycles. The fourth-order valence-electron chi connectivity index (χ4n) is 6.04. The summed E-state index contributed by atoms with van der Waals surface area (Å²) in [5.41, 5.74) is 3.46. The molecule has 31 heavy (non-hydrogen) atoms. The van der Waals surface area contributed by atoms with Crippen LogP contribution in [0.25, 0.3) is 17.1 Å². The van der Waals surface area contributed by atoms with Crippen molar-refractivity contribution in [2.45, 2.75) is 46.1 Å². The number of hydrogen-bond donors (Lipinski definition) is 0. The normalized spacial score (nSPS) is 24.5. The number of halogens is 1. The number of fused-ring (bicyclic) bond motifs is 2. The highest BCUT2D eigenvalue weighted by Gasteiger charge is 2.51. The van der Waals surface area contributed by atoms with Crippen molar-refractivity contribution in [1.82, 2.24) is 19.2 Å². The second-order valence-electron chi connectivity index (χ2n) is 10.4. The SMILES string of the molecule is Cn1cccc1-c1cc(C(=O)N2CC3(C)CC2CC(C)(C)C3)n(-c2ccccc2Cl)n1. The number of para-hydroxylation sites is 1. The Morgan fingerprint density at radius 2 is 1.90 bits per heavy atom. The first-order valence-electron chi connectivity index (χ1n) is 10.9. The van der Waals surface area contributed by atoms with Gasteiger partial charge in [0.1, 0.15) is 11.4 Å². The van der Waals surface area contributed by atoms with Gasteiger partial charge in [-0.15, -0.1) is 0 Å².